The van der Waals surface area contributed by atoms with Crippen molar-refractivity contribution in [2.45, 2.75) is 31.7 Å². The van der Waals surface area contributed by atoms with Crippen LogP contribution in [-0.4, -0.2) is 34.9 Å². The van der Waals surface area contributed by atoms with Crippen LogP contribution in [-0.2, 0) is 12.8 Å². The van der Waals surface area contributed by atoms with Crippen LogP contribution in [0.15, 0.2) is 54.7 Å². The highest BCUT2D eigenvalue weighted by Crippen LogP contribution is 2.26. The van der Waals surface area contributed by atoms with Crippen molar-refractivity contribution in [2.75, 3.05) is 13.1 Å². The van der Waals surface area contributed by atoms with Crippen molar-refractivity contribution in [3.8, 4) is 0 Å². The second kappa shape index (κ2) is 7.34. The highest BCUT2D eigenvalue weighted by atomic mass is 16.2. The summed E-state index contributed by atoms with van der Waals surface area (Å²) in [5.74, 6) is 0.117. The maximum Gasteiger partial charge on any atom is 0.254 e. The van der Waals surface area contributed by atoms with Crippen molar-refractivity contribution in [1.29, 1.82) is 0 Å². The summed E-state index contributed by atoms with van der Waals surface area (Å²) in [7, 11) is 0. The van der Waals surface area contributed by atoms with Gasteiger partial charge in [-0.1, -0.05) is 24.3 Å². The van der Waals surface area contributed by atoms with Crippen LogP contribution in [0.1, 0.15) is 34.3 Å². The van der Waals surface area contributed by atoms with Gasteiger partial charge in [0.2, 0.25) is 0 Å². The molecule has 3 N–H and O–H groups in total. The molecule has 0 fully saturated rings. The van der Waals surface area contributed by atoms with Gasteiger partial charge in [0.05, 0.1) is 0 Å². The number of rotatable bonds is 5. The van der Waals surface area contributed by atoms with Crippen LogP contribution in [0.4, 0.5) is 0 Å². The molecule has 26 heavy (non-hydrogen) atoms. The molecule has 0 spiro atoms. The fourth-order valence-electron chi connectivity index (χ4n) is 4.01. The summed E-state index contributed by atoms with van der Waals surface area (Å²) in [5, 5.41) is 1.07. The Morgan fingerprint density at radius 1 is 1.15 bits per heavy atom. The van der Waals surface area contributed by atoms with E-state index in [0.717, 1.165) is 42.1 Å². The number of aromatic nitrogens is 1. The van der Waals surface area contributed by atoms with Crippen LogP contribution < -0.4 is 5.73 Å². The lowest BCUT2D eigenvalue weighted by molar-refractivity contribution is 0.0660. The Kier molecular flexibility index (Phi) is 4.76. The monoisotopic (exact) mass is 347 g/mol. The fourth-order valence-corrected chi connectivity index (χ4v) is 4.01. The second-order valence-corrected chi connectivity index (χ2v) is 7.09. The van der Waals surface area contributed by atoms with E-state index in [1.165, 1.54) is 11.1 Å². The number of nitrogens with one attached hydrogen (secondary N) is 1. The summed E-state index contributed by atoms with van der Waals surface area (Å²) in [6.45, 7) is 1.32. The number of nitrogens with two attached hydrogens (primary N) is 1. The predicted octanol–water partition coefficient (Wildman–Crippen LogP) is 3.52. The van der Waals surface area contributed by atoms with Gasteiger partial charge in [0.1, 0.15) is 0 Å². The van der Waals surface area contributed by atoms with Crippen LogP contribution in [0.5, 0.6) is 0 Å². The van der Waals surface area contributed by atoms with Gasteiger partial charge in [-0.05, 0) is 67.6 Å². The number of nitrogens with zero attached hydrogens (tertiary/aromatic N) is 1. The van der Waals surface area contributed by atoms with E-state index in [-0.39, 0.29) is 11.9 Å². The first-order chi connectivity index (χ1) is 12.8. The van der Waals surface area contributed by atoms with E-state index in [4.69, 9.17) is 5.73 Å². The average Bonchev–Trinajstić information content (AvgIpc) is 3.15. The Bertz CT molecular complexity index is 914. The van der Waals surface area contributed by atoms with Gasteiger partial charge in [-0.2, -0.15) is 0 Å². The molecule has 134 valence electrons. The molecule has 1 heterocycles. The van der Waals surface area contributed by atoms with Crippen molar-refractivity contribution in [2.24, 2.45) is 5.73 Å². The highest BCUT2D eigenvalue weighted by Gasteiger charge is 2.28. The number of H-pyrrole nitrogens is 1. The first-order valence-corrected chi connectivity index (χ1v) is 9.41. The van der Waals surface area contributed by atoms with E-state index >= 15 is 0 Å². The molecular formula is C22H25N3O. The van der Waals surface area contributed by atoms with Crippen LogP contribution in [0, 0.1) is 0 Å². The molecular weight excluding hydrogens is 322 g/mol. The number of amides is 1. The predicted molar refractivity (Wildman–Crippen MR) is 105 cm³/mol. The molecule has 4 nitrogen and oxygen atoms in total. The zero-order valence-corrected chi connectivity index (χ0v) is 14.9. The minimum Gasteiger partial charge on any atom is -0.361 e. The Balaban J connectivity index is 1.60. The summed E-state index contributed by atoms with van der Waals surface area (Å²) in [6, 6.07) is 16.7. The van der Waals surface area contributed by atoms with E-state index in [0.29, 0.717) is 13.1 Å². The molecule has 1 aliphatic rings. The maximum absolute atomic E-state index is 13.3. The molecule has 0 saturated heterocycles. The average molecular weight is 347 g/mol. The van der Waals surface area contributed by atoms with Crippen molar-refractivity contribution in [3.63, 3.8) is 0 Å². The fraction of sp³-hybridized carbons (Fsp3) is 0.318. The van der Waals surface area contributed by atoms with Crippen LogP contribution in [0.3, 0.4) is 0 Å². The van der Waals surface area contributed by atoms with E-state index in [2.05, 4.69) is 34.1 Å². The SMILES string of the molecule is NCCCN(C(=O)c1ccc2[nH]ccc2c1)C1CCc2ccccc2C1. The molecule has 0 radical (unpaired) electrons. The normalized spacial score (nSPS) is 16.4. The molecule has 1 amide bonds. The Labute approximate surface area is 154 Å². The van der Waals surface area contributed by atoms with Gasteiger partial charge in [-0.15, -0.1) is 0 Å². The van der Waals surface area contributed by atoms with E-state index < -0.39 is 0 Å². The molecule has 0 aliphatic heterocycles. The quantitative estimate of drug-likeness (QED) is 0.742. The van der Waals surface area contributed by atoms with Crippen molar-refractivity contribution in [3.05, 3.63) is 71.4 Å². The zero-order chi connectivity index (χ0) is 17.9. The third-order valence-corrected chi connectivity index (χ3v) is 5.43. The van der Waals surface area contributed by atoms with Crippen molar-refractivity contribution in [1.82, 2.24) is 9.88 Å². The number of carbonyl (C=O) groups is 1. The first-order valence-electron chi connectivity index (χ1n) is 9.41. The van der Waals surface area contributed by atoms with Gasteiger partial charge in [-0.3, -0.25) is 4.79 Å². The number of fused-ring (bicyclic) bond motifs is 2. The van der Waals surface area contributed by atoms with Gasteiger partial charge in [-0.25, -0.2) is 0 Å². The molecule has 4 heteroatoms. The summed E-state index contributed by atoms with van der Waals surface area (Å²) >= 11 is 0. The minimum absolute atomic E-state index is 0.117. The van der Waals surface area contributed by atoms with Gasteiger partial charge >= 0.3 is 0 Å². The topological polar surface area (TPSA) is 62.1 Å². The Morgan fingerprint density at radius 2 is 2.00 bits per heavy atom. The molecule has 1 atom stereocenters. The lowest BCUT2D eigenvalue weighted by Gasteiger charge is -2.35. The number of hydrogen-bond acceptors (Lipinski definition) is 2. The summed E-state index contributed by atoms with van der Waals surface area (Å²) < 4.78 is 0. The van der Waals surface area contributed by atoms with E-state index in [1.807, 2.05) is 30.5 Å². The van der Waals surface area contributed by atoms with Gasteiger partial charge in [0.15, 0.2) is 0 Å². The third kappa shape index (κ3) is 3.25. The third-order valence-electron chi connectivity index (χ3n) is 5.43. The summed E-state index contributed by atoms with van der Waals surface area (Å²) in [6.07, 6.45) is 5.71. The van der Waals surface area contributed by atoms with Gasteiger partial charge in [0, 0.05) is 35.2 Å². The Morgan fingerprint density at radius 3 is 2.85 bits per heavy atom. The summed E-state index contributed by atoms with van der Waals surface area (Å²) in [4.78, 5) is 18.5. The molecule has 3 aromatic rings. The number of carbonyl (C=O) groups excluding carboxylic acids is 1. The Hall–Kier alpha value is -2.59. The minimum atomic E-state index is 0.117. The van der Waals surface area contributed by atoms with Crippen LogP contribution in [0.2, 0.25) is 0 Å². The zero-order valence-electron chi connectivity index (χ0n) is 14.9. The molecule has 0 bridgehead atoms. The molecule has 1 aliphatic carbocycles. The molecule has 2 aromatic carbocycles. The number of benzene rings is 2. The lowest BCUT2D eigenvalue weighted by Crippen LogP contribution is -2.44. The van der Waals surface area contributed by atoms with Crippen molar-refractivity contribution >= 4 is 16.8 Å². The van der Waals surface area contributed by atoms with Gasteiger partial charge < -0.3 is 15.6 Å². The molecule has 1 aromatic heterocycles. The van der Waals surface area contributed by atoms with Crippen LogP contribution >= 0.6 is 0 Å². The summed E-state index contributed by atoms with van der Waals surface area (Å²) in [5.41, 5.74) is 10.3. The lowest BCUT2D eigenvalue weighted by atomic mass is 9.87. The number of aryl methyl sites for hydroxylation is 1. The second-order valence-electron chi connectivity index (χ2n) is 7.09. The molecule has 4 rings (SSSR count). The number of hydrogen-bond donors (Lipinski definition) is 2. The first kappa shape index (κ1) is 16.9. The van der Waals surface area contributed by atoms with E-state index in [1.54, 1.807) is 0 Å². The molecule has 1 unspecified atom stereocenters. The standard InChI is InChI=1S/C22H25N3O/c23-11-3-13-25(20-8-6-16-4-1-2-5-17(16)15-20)22(26)19-7-9-21-18(14-19)10-12-24-21/h1-2,4-5,7,9-10,12,14,20,24H,3,6,8,11,13,15,23H2. The van der Waals surface area contributed by atoms with E-state index in [9.17, 15) is 4.79 Å². The van der Waals surface area contributed by atoms with Gasteiger partial charge in [0.25, 0.3) is 5.91 Å². The smallest absolute Gasteiger partial charge is 0.254 e. The molecule has 0 saturated carbocycles. The van der Waals surface area contributed by atoms with Crippen LogP contribution in [0.25, 0.3) is 10.9 Å². The largest absolute Gasteiger partial charge is 0.361 e. The maximum atomic E-state index is 13.3. The number of aromatic amines is 1. The van der Waals surface area contributed by atoms with Crippen molar-refractivity contribution < 1.29 is 4.79 Å². The highest BCUT2D eigenvalue weighted by molar-refractivity contribution is 5.98.